The molecule has 0 fully saturated rings. The molecular weight excluding hydrogens is 506 g/mol. The molecule has 0 spiro atoms. The molecule has 190 valence electrons. The van der Waals surface area contributed by atoms with Crippen LogP contribution in [-0.2, 0) is 26.5 Å². The number of rotatable bonds is 9. The predicted molar refractivity (Wildman–Crippen MR) is 149 cm³/mol. The lowest BCUT2D eigenvalue weighted by Gasteiger charge is -2.12. The lowest BCUT2D eigenvalue weighted by molar-refractivity contribution is 0.599. The van der Waals surface area contributed by atoms with Gasteiger partial charge in [-0.1, -0.05) is 67.1 Å². The third kappa shape index (κ3) is 6.44. The van der Waals surface area contributed by atoms with Gasteiger partial charge in [0.1, 0.15) is 0 Å². The van der Waals surface area contributed by atoms with Gasteiger partial charge in [0, 0.05) is 11.8 Å². The van der Waals surface area contributed by atoms with Crippen LogP contribution in [0.4, 0.5) is 17.1 Å². The molecule has 0 aliphatic carbocycles. The van der Waals surface area contributed by atoms with Crippen molar-refractivity contribution in [3.8, 4) is 0 Å². The van der Waals surface area contributed by atoms with Crippen LogP contribution >= 0.6 is 0 Å². The molecular formula is C28H27N3O4S2. The molecule has 4 aromatic carbocycles. The number of aryl methyl sites for hydroxylation is 2. The molecule has 0 atom stereocenters. The molecule has 4 rings (SSSR count). The van der Waals surface area contributed by atoms with Gasteiger partial charge in [0.05, 0.1) is 26.9 Å². The van der Waals surface area contributed by atoms with Gasteiger partial charge in [-0.25, -0.2) is 16.8 Å². The summed E-state index contributed by atoms with van der Waals surface area (Å²) in [6.45, 7) is 3.89. The Kier molecular flexibility index (Phi) is 7.75. The average molecular weight is 534 g/mol. The molecule has 0 unspecified atom stereocenters. The summed E-state index contributed by atoms with van der Waals surface area (Å²) < 4.78 is 56.9. The van der Waals surface area contributed by atoms with Crippen molar-refractivity contribution in [1.82, 2.24) is 0 Å². The van der Waals surface area contributed by atoms with Gasteiger partial charge in [0.15, 0.2) is 0 Å². The Hall–Kier alpha value is -3.95. The monoisotopic (exact) mass is 533 g/mol. The van der Waals surface area contributed by atoms with E-state index >= 15 is 0 Å². The van der Waals surface area contributed by atoms with Gasteiger partial charge in [-0.15, -0.1) is 0 Å². The lowest BCUT2D eigenvalue weighted by Crippen LogP contribution is -2.14. The van der Waals surface area contributed by atoms with Crippen LogP contribution in [0.3, 0.4) is 0 Å². The van der Waals surface area contributed by atoms with Crippen LogP contribution in [0.5, 0.6) is 0 Å². The number of sulfonamides is 2. The minimum absolute atomic E-state index is 0.150. The Bertz CT molecular complexity index is 1630. The maximum atomic E-state index is 13.0. The summed E-state index contributed by atoms with van der Waals surface area (Å²) >= 11 is 0. The van der Waals surface area contributed by atoms with E-state index in [4.69, 9.17) is 0 Å². The predicted octanol–water partition coefficient (Wildman–Crippen LogP) is 5.91. The van der Waals surface area contributed by atoms with E-state index in [0.717, 1.165) is 17.5 Å². The van der Waals surface area contributed by atoms with E-state index in [-0.39, 0.29) is 9.79 Å². The van der Waals surface area contributed by atoms with Crippen LogP contribution in [0.2, 0.25) is 0 Å². The summed E-state index contributed by atoms with van der Waals surface area (Å²) in [5.74, 6) is 0. The first-order valence-corrected chi connectivity index (χ1v) is 14.6. The quantitative estimate of drug-likeness (QED) is 0.261. The topological polar surface area (TPSA) is 105 Å². The second-order valence-corrected chi connectivity index (χ2v) is 11.7. The van der Waals surface area contributed by atoms with Crippen molar-refractivity contribution in [2.45, 2.75) is 30.1 Å². The van der Waals surface area contributed by atoms with Gasteiger partial charge in [0.2, 0.25) is 0 Å². The summed E-state index contributed by atoms with van der Waals surface area (Å²) in [6, 6.07) is 26.9. The Morgan fingerprint density at radius 3 is 1.81 bits per heavy atom. The van der Waals surface area contributed by atoms with Crippen LogP contribution in [0.25, 0.3) is 0 Å². The molecule has 0 bridgehead atoms. The second-order valence-electron chi connectivity index (χ2n) is 8.38. The Morgan fingerprint density at radius 1 is 0.676 bits per heavy atom. The zero-order valence-corrected chi connectivity index (χ0v) is 22.1. The average Bonchev–Trinajstić information content (AvgIpc) is 2.89. The summed E-state index contributed by atoms with van der Waals surface area (Å²) in [5, 5.41) is 0. The second kappa shape index (κ2) is 11.0. The van der Waals surface area contributed by atoms with Gasteiger partial charge >= 0.3 is 0 Å². The zero-order chi connectivity index (χ0) is 26.5. The van der Waals surface area contributed by atoms with E-state index in [1.807, 2.05) is 13.8 Å². The smallest absolute Gasteiger partial charge is 0.261 e. The molecule has 0 aliphatic heterocycles. The Balaban J connectivity index is 1.59. The van der Waals surface area contributed by atoms with E-state index in [1.54, 1.807) is 97.1 Å². The highest BCUT2D eigenvalue weighted by Crippen LogP contribution is 2.28. The molecule has 9 heteroatoms. The van der Waals surface area contributed by atoms with Gasteiger partial charge in [-0.3, -0.25) is 14.4 Å². The van der Waals surface area contributed by atoms with Crippen molar-refractivity contribution in [2.24, 2.45) is 4.99 Å². The molecule has 0 saturated heterocycles. The first-order valence-electron chi connectivity index (χ1n) is 11.6. The molecule has 0 amide bonds. The third-order valence-electron chi connectivity index (χ3n) is 5.67. The summed E-state index contributed by atoms with van der Waals surface area (Å²) in [4.78, 5) is 4.77. The van der Waals surface area contributed by atoms with Crippen LogP contribution in [0.15, 0.2) is 112 Å². The Morgan fingerprint density at radius 2 is 1.19 bits per heavy atom. The molecule has 7 nitrogen and oxygen atoms in total. The van der Waals surface area contributed by atoms with Crippen LogP contribution in [-0.4, -0.2) is 23.1 Å². The number of hydrogen-bond acceptors (Lipinski definition) is 5. The van der Waals surface area contributed by atoms with Crippen LogP contribution in [0.1, 0.15) is 23.6 Å². The lowest BCUT2D eigenvalue weighted by atomic mass is 10.2. The fraction of sp³-hybridized carbons (Fsp3) is 0.107. The fourth-order valence-electron chi connectivity index (χ4n) is 3.54. The zero-order valence-electron chi connectivity index (χ0n) is 20.4. The van der Waals surface area contributed by atoms with Crippen molar-refractivity contribution in [2.75, 3.05) is 9.44 Å². The summed E-state index contributed by atoms with van der Waals surface area (Å²) in [5.41, 5.74) is 3.55. The van der Waals surface area contributed by atoms with Crippen LogP contribution < -0.4 is 9.44 Å². The standard InChI is InChI=1S/C28H27N3O4S2/c1-3-22-14-18-25(19-15-22)37(34,35)31-28-11-7-6-10-27(28)29-20-23-8-4-5-9-26(23)30-36(32,33)24-16-12-21(2)13-17-24/h4-20,30-31H,3H2,1-2H3/b29-20+. The largest absolute Gasteiger partial charge is 0.279 e. The molecule has 0 aromatic heterocycles. The van der Waals surface area contributed by atoms with Gasteiger partial charge in [0.25, 0.3) is 20.0 Å². The van der Waals surface area contributed by atoms with Crippen LogP contribution in [0, 0.1) is 6.92 Å². The highest BCUT2D eigenvalue weighted by molar-refractivity contribution is 7.93. The van der Waals surface area contributed by atoms with Gasteiger partial charge in [-0.05, 0) is 61.4 Å². The number of nitrogens with one attached hydrogen (secondary N) is 2. The summed E-state index contributed by atoms with van der Waals surface area (Å²) in [7, 11) is -7.63. The number of nitrogens with zero attached hydrogens (tertiary/aromatic N) is 1. The van der Waals surface area contributed by atoms with E-state index in [1.165, 1.54) is 6.21 Å². The first kappa shape index (κ1) is 26.1. The molecule has 37 heavy (non-hydrogen) atoms. The van der Waals surface area contributed by atoms with Crippen molar-refractivity contribution in [3.63, 3.8) is 0 Å². The first-order chi connectivity index (χ1) is 17.7. The third-order valence-corrected chi connectivity index (χ3v) is 8.43. The number of hydrogen-bond donors (Lipinski definition) is 2. The minimum Gasteiger partial charge on any atom is -0.279 e. The van der Waals surface area contributed by atoms with E-state index in [0.29, 0.717) is 22.6 Å². The molecule has 2 N–H and O–H groups in total. The highest BCUT2D eigenvalue weighted by Gasteiger charge is 2.17. The van der Waals surface area contributed by atoms with Crippen molar-refractivity contribution in [3.05, 3.63) is 114 Å². The maximum absolute atomic E-state index is 13.0. The summed E-state index contributed by atoms with van der Waals surface area (Å²) in [6.07, 6.45) is 2.31. The number of anilines is 2. The molecule has 0 aliphatic rings. The van der Waals surface area contributed by atoms with E-state index in [9.17, 15) is 16.8 Å². The van der Waals surface area contributed by atoms with Crippen molar-refractivity contribution in [1.29, 1.82) is 0 Å². The number of para-hydroxylation sites is 3. The molecule has 0 saturated carbocycles. The molecule has 4 aromatic rings. The highest BCUT2D eigenvalue weighted by atomic mass is 32.2. The van der Waals surface area contributed by atoms with Gasteiger partial charge in [-0.2, -0.15) is 0 Å². The van der Waals surface area contributed by atoms with E-state index in [2.05, 4.69) is 14.4 Å². The van der Waals surface area contributed by atoms with Crippen molar-refractivity contribution < 1.29 is 16.8 Å². The molecule has 0 radical (unpaired) electrons. The maximum Gasteiger partial charge on any atom is 0.261 e. The number of benzene rings is 4. The van der Waals surface area contributed by atoms with Crippen molar-refractivity contribution >= 4 is 43.3 Å². The molecule has 0 heterocycles. The van der Waals surface area contributed by atoms with Gasteiger partial charge < -0.3 is 0 Å². The Labute approximate surface area is 218 Å². The number of aliphatic imine (C=N–C) groups is 1. The SMILES string of the molecule is CCc1ccc(S(=O)(=O)Nc2ccccc2/N=C/c2ccccc2NS(=O)(=O)c2ccc(C)cc2)cc1. The van der Waals surface area contributed by atoms with E-state index < -0.39 is 20.0 Å². The normalized spacial score (nSPS) is 11.9. The minimum atomic E-state index is -3.83. The fourth-order valence-corrected chi connectivity index (χ4v) is 5.71.